The predicted molar refractivity (Wildman–Crippen MR) is 104 cm³/mol. The minimum Gasteiger partial charge on any atom is -0.340 e. The van der Waals surface area contributed by atoms with Crippen LogP contribution in [0.2, 0.25) is 0 Å². The zero-order chi connectivity index (χ0) is 17.8. The summed E-state index contributed by atoms with van der Waals surface area (Å²) < 4.78 is 0.954. The molecule has 0 amide bonds. The lowest BCUT2D eigenvalue weighted by Crippen LogP contribution is -2.02. The standard InChI is InChI=1S/C19H17BrN4O/c1-12(25)14-6-5-7-15(10-14)23-18-11-19(22-13(2)21-18)24-17-9-4-3-8-16(17)20/h3-11H,1-2H3,(H2,21,22,23,24). The van der Waals surface area contributed by atoms with Gasteiger partial charge in [0, 0.05) is 21.8 Å². The summed E-state index contributed by atoms with van der Waals surface area (Å²) in [6.07, 6.45) is 0. The summed E-state index contributed by atoms with van der Waals surface area (Å²) in [5, 5.41) is 6.50. The highest BCUT2D eigenvalue weighted by Gasteiger charge is 2.06. The normalized spacial score (nSPS) is 10.4. The predicted octanol–water partition coefficient (Wildman–Crippen LogP) is 5.24. The van der Waals surface area contributed by atoms with Crippen LogP contribution in [-0.2, 0) is 0 Å². The van der Waals surface area contributed by atoms with Crippen LogP contribution in [0.4, 0.5) is 23.0 Å². The first-order chi connectivity index (χ1) is 12.0. The van der Waals surface area contributed by atoms with Crippen LogP contribution in [0.1, 0.15) is 23.1 Å². The number of aromatic nitrogens is 2. The van der Waals surface area contributed by atoms with Gasteiger partial charge in [-0.3, -0.25) is 4.79 Å². The van der Waals surface area contributed by atoms with Gasteiger partial charge in [-0.05, 0) is 54.0 Å². The Kier molecular flexibility index (Phi) is 5.09. The number of carbonyl (C=O) groups is 1. The zero-order valence-electron chi connectivity index (χ0n) is 13.9. The van der Waals surface area contributed by atoms with Gasteiger partial charge in [-0.25, -0.2) is 9.97 Å². The van der Waals surface area contributed by atoms with E-state index >= 15 is 0 Å². The maximum absolute atomic E-state index is 11.5. The number of nitrogens with zero attached hydrogens (tertiary/aromatic N) is 2. The van der Waals surface area contributed by atoms with E-state index in [1.165, 1.54) is 0 Å². The Morgan fingerprint density at radius 3 is 2.40 bits per heavy atom. The summed E-state index contributed by atoms with van der Waals surface area (Å²) in [6, 6.07) is 17.0. The van der Waals surface area contributed by atoms with Crippen molar-refractivity contribution >= 4 is 44.7 Å². The van der Waals surface area contributed by atoms with Gasteiger partial charge in [-0.1, -0.05) is 24.3 Å². The third kappa shape index (κ3) is 4.42. The minimum absolute atomic E-state index is 0.0267. The molecule has 0 spiro atoms. The molecule has 0 aliphatic carbocycles. The Bertz CT molecular complexity index is 927. The SMILES string of the molecule is CC(=O)c1cccc(Nc2cc(Nc3ccccc3Br)nc(C)n2)c1. The van der Waals surface area contributed by atoms with Gasteiger partial charge in [0.1, 0.15) is 17.5 Å². The van der Waals surface area contributed by atoms with E-state index in [4.69, 9.17) is 0 Å². The number of hydrogen-bond acceptors (Lipinski definition) is 5. The lowest BCUT2D eigenvalue weighted by Gasteiger charge is -2.11. The molecule has 2 aromatic carbocycles. The van der Waals surface area contributed by atoms with Crippen molar-refractivity contribution in [2.75, 3.05) is 10.6 Å². The number of hydrogen-bond donors (Lipinski definition) is 2. The first kappa shape index (κ1) is 17.1. The smallest absolute Gasteiger partial charge is 0.159 e. The van der Waals surface area contributed by atoms with Crippen molar-refractivity contribution in [1.82, 2.24) is 9.97 Å². The van der Waals surface area contributed by atoms with Crippen LogP contribution in [0.3, 0.4) is 0 Å². The molecule has 0 saturated carbocycles. The average molecular weight is 397 g/mol. The second kappa shape index (κ2) is 7.44. The molecule has 126 valence electrons. The number of para-hydroxylation sites is 1. The first-order valence-electron chi connectivity index (χ1n) is 7.76. The summed E-state index contributed by atoms with van der Waals surface area (Å²) in [6.45, 7) is 3.39. The summed E-state index contributed by atoms with van der Waals surface area (Å²) >= 11 is 3.51. The second-order valence-electron chi connectivity index (χ2n) is 5.55. The molecule has 3 rings (SSSR count). The molecule has 1 heterocycles. The molecule has 0 radical (unpaired) electrons. The van der Waals surface area contributed by atoms with Gasteiger partial charge in [-0.15, -0.1) is 0 Å². The number of benzene rings is 2. The number of aryl methyl sites for hydroxylation is 1. The molecule has 0 unspecified atom stereocenters. The summed E-state index contributed by atoms with van der Waals surface area (Å²) in [5.74, 6) is 2.01. The topological polar surface area (TPSA) is 66.9 Å². The van der Waals surface area contributed by atoms with Gasteiger partial charge in [0.15, 0.2) is 5.78 Å². The van der Waals surface area contributed by atoms with Crippen molar-refractivity contribution in [3.8, 4) is 0 Å². The van der Waals surface area contributed by atoms with E-state index in [0.29, 0.717) is 23.0 Å². The number of ketones is 1. The Labute approximate surface area is 154 Å². The third-order valence-electron chi connectivity index (χ3n) is 3.52. The highest BCUT2D eigenvalue weighted by atomic mass is 79.9. The van der Waals surface area contributed by atoms with Gasteiger partial charge in [0.25, 0.3) is 0 Å². The van der Waals surface area contributed by atoms with Gasteiger partial charge >= 0.3 is 0 Å². The van der Waals surface area contributed by atoms with Crippen LogP contribution in [-0.4, -0.2) is 15.8 Å². The molecule has 0 bridgehead atoms. The molecule has 0 fully saturated rings. The van der Waals surface area contributed by atoms with Crippen LogP contribution in [0.5, 0.6) is 0 Å². The van der Waals surface area contributed by atoms with Crippen LogP contribution in [0.25, 0.3) is 0 Å². The number of Topliss-reactive ketones (excluding diaryl/α,β-unsaturated/α-hetero) is 1. The molecule has 6 heteroatoms. The van der Waals surface area contributed by atoms with Crippen molar-refractivity contribution in [3.05, 3.63) is 70.5 Å². The highest BCUT2D eigenvalue weighted by molar-refractivity contribution is 9.10. The molecule has 5 nitrogen and oxygen atoms in total. The minimum atomic E-state index is 0.0267. The molecule has 3 aromatic rings. The molecule has 0 aliphatic heterocycles. The van der Waals surface area contributed by atoms with E-state index in [0.717, 1.165) is 15.8 Å². The van der Waals surface area contributed by atoms with Crippen molar-refractivity contribution in [1.29, 1.82) is 0 Å². The molecular weight excluding hydrogens is 380 g/mol. The van der Waals surface area contributed by atoms with Crippen LogP contribution < -0.4 is 10.6 Å². The summed E-state index contributed by atoms with van der Waals surface area (Å²) in [7, 11) is 0. The fourth-order valence-electron chi connectivity index (χ4n) is 2.36. The highest BCUT2D eigenvalue weighted by Crippen LogP contribution is 2.26. The maximum atomic E-state index is 11.5. The molecule has 1 aromatic heterocycles. The molecule has 25 heavy (non-hydrogen) atoms. The number of carbonyl (C=O) groups excluding carboxylic acids is 1. The van der Waals surface area contributed by atoms with E-state index in [9.17, 15) is 4.79 Å². The van der Waals surface area contributed by atoms with Crippen molar-refractivity contribution in [3.63, 3.8) is 0 Å². The van der Waals surface area contributed by atoms with Gasteiger partial charge < -0.3 is 10.6 Å². The fourth-order valence-corrected chi connectivity index (χ4v) is 2.74. The van der Waals surface area contributed by atoms with Crippen LogP contribution in [0, 0.1) is 6.92 Å². The van der Waals surface area contributed by atoms with Crippen molar-refractivity contribution in [2.45, 2.75) is 13.8 Å². The zero-order valence-corrected chi connectivity index (χ0v) is 15.5. The first-order valence-corrected chi connectivity index (χ1v) is 8.56. The molecule has 2 N–H and O–H groups in total. The van der Waals surface area contributed by atoms with Gasteiger partial charge in [-0.2, -0.15) is 0 Å². The lowest BCUT2D eigenvalue weighted by atomic mass is 10.1. The number of nitrogens with one attached hydrogen (secondary N) is 2. The molecule has 0 atom stereocenters. The Hall–Kier alpha value is -2.73. The Morgan fingerprint density at radius 1 is 0.960 bits per heavy atom. The lowest BCUT2D eigenvalue weighted by molar-refractivity contribution is 0.101. The maximum Gasteiger partial charge on any atom is 0.159 e. The van der Waals surface area contributed by atoms with Crippen LogP contribution >= 0.6 is 15.9 Å². The van der Waals surface area contributed by atoms with Gasteiger partial charge in [0.05, 0.1) is 5.69 Å². The monoisotopic (exact) mass is 396 g/mol. The number of rotatable bonds is 5. The Morgan fingerprint density at radius 2 is 1.68 bits per heavy atom. The Balaban J connectivity index is 1.86. The number of anilines is 4. The fraction of sp³-hybridized carbons (Fsp3) is 0.105. The quantitative estimate of drug-likeness (QED) is 0.577. The van der Waals surface area contributed by atoms with Crippen LogP contribution in [0.15, 0.2) is 59.1 Å². The van der Waals surface area contributed by atoms with E-state index in [-0.39, 0.29) is 5.78 Å². The van der Waals surface area contributed by atoms with E-state index in [2.05, 4.69) is 36.5 Å². The average Bonchev–Trinajstić information content (AvgIpc) is 2.57. The molecular formula is C19H17BrN4O. The molecule has 0 aliphatic rings. The summed E-state index contributed by atoms with van der Waals surface area (Å²) in [4.78, 5) is 20.4. The third-order valence-corrected chi connectivity index (χ3v) is 4.21. The van der Waals surface area contributed by atoms with Gasteiger partial charge in [0.2, 0.25) is 0 Å². The van der Waals surface area contributed by atoms with E-state index < -0.39 is 0 Å². The molecule has 0 saturated heterocycles. The van der Waals surface area contributed by atoms with E-state index in [1.807, 2.05) is 49.4 Å². The second-order valence-corrected chi connectivity index (χ2v) is 6.41. The van der Waals surface area contributed by atoms with Crippen molar-refractivity contribution < 1.29 is 4.79 Å². The van der Waals surface area contributed by atoms with E-state index in [1.54, 1.807) is 19.1 Å². The van der Waals surface area contributed by atoms with Crippen molar-refractivity contribution in [2.24, 2.45) is 0 Å². The summed E-state index contributed by atoms with van der Waals surface area (Å²) in [5.41, 5.74) is 2.38. The number of halogens is 1. The largest absolute Gasteiger partial charge is 0.340 e.